The Morgan fingerprint density at radius 2 is 0.750 bits per heavy atom. The van der Waals surface area contributed by atoms with Crippen molar-refractivity contribution < 1.29 is 57.3 Å². The van der Waals surface area contributed by atoms with Crippen LogP contribution < -0.4 is 0 Å². The maximum atomic E-state index is 12.7. The Labute approximate surface area is 398 Å². The molecule has 0 bridgehead atoms. The van der Waals surface area contributed by atoms with Crippen molar-refractivity contribution in [3.63, 3.8) is 0 Å². The van der Waals surface area contributed by atoms with Crippen LogP contribution in [0.15, 0.2) is 182 Å². The summed E-state index contributed by atoms with van der Waals surface area (Å²) in [6.07, 6.45) is -10.6. The van der Waals surface area contributed by atoms with Crippen LogP contribution in [0.1, 0.15) is 40.3 Å². The molecule has 0 radical (unpaired) electrons. The zero-order valence-electron chi connectivity index (χ0n) is 38.2. The Morgan fingerprint density at radius 1 is 0.412 bits per heavy atom. The second kappa shape index (κ2) is 25.7. The number of aliphatic hydroxyl groups is 1. The van der Waals surface area contributed by atoms with Crippen LogP contribution in [0, 0.1) is 0 Å². The smallest absolute Gasteiger partial charge is 0.303 e. The molecule has 1 N–H and O–H groups in total. The van der Waals surface area contributed by atoms with E-state index >= 15 is 0 Å². The second-order valence-corrected chi connectivity index (χ2v) is 16.8. The van der Waals surface area contributed by atoms with Crippen molar-refractivity contribution in [1.82, 2.24) is 0 Å². The standard InChI is InChI=1S/C56H60O12/c1-40(57)65-50-47(38-59-32-41-20-8-2-9-21-41)67-56(52(49(50)58)61-34-43-24-12-4-13-25-43)68-51-48(39-60-33-42-22-10-3-11-23-42)66-55(64-37-46-30-18-7-19-31-46)54(63-36-45-28-16-6-17-29-45)53(51)62-35-44-26-14-5-15-27-44/h2-31,47-56,58H,32-39H2,1H3/t47-,48-,49+,50+,51-,52-,53+,54-,55-,56+/m1/s1. The highest BCUT2D eigenvalue weighted by Gasteiger charge is 2.54. The largest absolute Gasteiger partial charge is 0.457 e. The van der Waals surface area contributed by atoms with Gasteiger partial charge >= 0.3 is 5.97 Å². The lowest BCUT2D eigenvalue weighted by atomic mass is 9.96. The van der Waals surface area contributed by atoms with Gasteiger partial charge in [0.1, 0.15) is 42.7 Å². The van der Waals surface area contributed by atoms with E-state index in [0.29, 0.717) is 6.61 Å². The molecule has 12 nitrogen and oxygen atoms in total. The monoisotopic (exact) mass is 924 g/mol. The fraction of sp³-hybridized carbons (Fsp3) is 0.339. The highest BCUT2D eigenvalue weighted by Crippen LogP contribution is 2.36. The third-order valence-electron chi connectivity index (χ3n) is 11.7. The number of rotatable bonds is 23. The maximum Gasteiger partial charge on any atom is 0.303 e. The molecule has 0 spiro atoms. The highest BCUT2D eigenvalue weighted by atomic mass is 16.8. The van der Waals surface area contributed by atoms with E-state index in [1.165, 1.54) is 6.92 Å². The van der Waals surface area contributed by atoms with Crippen molar-refractivity contribution in [3.05, 3.63) is 215 Å². The molecule has 10 atom stereocenters. The topological polar surface area (TPSA) is 130 Å². The third-order valence-corrected chi connectivity index (χ3v) is 11.7. The van der Waals surface area contributed by atoms with Crippen LogP contribution in [0.3, 0.4) is 0 Å². The normalized spacial score (nSPS) is 24.9. The Hall–Kier alpha value is -5.61. The van der Waals surface area contributed by atoms with E-state index in [4.69, 9.17) is 47.4 Å². The first-order valence-electron chi connectivity index (χ1n) is 23.1. The van der Waals surface area contributed by atoms with Crippen LogP contribution in [0.2, 0.25) is 0 Å². The average molecular weight is 925 g/mol. The molecule has 12 heteroatoms. The van der Waals surface area contributed by atoms with Crippen molar-refractivity contribution in [2.75, 3.05) is 13.2 Å². The number of aliphatic hydroxyl groups excluding tert-OH is 1. The zero-order valence-corrected chi connectivity index (χ0v) is 38.2. The summed E-state index contributed by atoms with van der Waals surface area (Å²) >= 11 is 0. The molecule has 0 unspecified atom stereocenters. The van der Waals surface area contributed by atoms with Gasteiger partial charge in [-0.1, -0.05) is 182 Å². The predicted molar refractivity (Wildman–Crippen MR) is 252 cm³/mol. The number of benzene rings is 6. The number of carbonyl (C=O) groups excluding carboxylic acids is 1. The van der Waals surface area contributed by atoms with E-state index < -0.39 is 67.4 Å². The predicted octanol–water partition coefficient (Wildman–Crippen LogP) is 8.52. The van der Waals surface area contributed by atoms with Gasteiger partial charge in [0.15, 0.2) is 18.7 Å². The van der Waals surface area contributed by atoms with E-state index in [2.05, 4.69) is 0 Å². The van der Waals surface area contributed by atoms with E-state index in [1.54, 1.807) is 0 Å². The molecular formula is C56H60O12. The van der Waals surface area contributed by atoms with E-state index in [9.17, 15) is 9.90 Å². The van der Waals surface area contributed by atoms with Crippen LogP contribution in [-0.4, -0.2) is 85.7 Å². The van der Waals surface area contributed by atoms with Crippen LogP contribution in [0.5, 0.6) is 0 Å². The summed E-state index contributed by atoms with van der Waals surface area (Å²) < 4.78 is 66.4. The van der Waals surface area contributed by atoms with E-state index in [-0.39, 0.29) is 46.2 Å². The van der Waals surface area contributed by atoms with Crippen molar-refractivity contribution in [2.24, 2.45) is 0 Å². The van der Waals surface area contributed by atoms with Crippen LogP contribution in [0.4, 0.5) is 0 Å². The second-order valence-electron chi connectivity index (χ2n) is 16.8. The summed E-state index contributed by atoms with van der Waals surface area (Å²) in [4.78, 5) is 12.7. The molecule has 2 heterocycles. The van der Waals surface area contributed by atoms with Crippen LogP contribution >= 0.6 is 0 Å². The van der Waals surface area contributed by atoms with E-state index in [0.717, 1.165) is 33.4 Å². The molecule has 2 aliphatic heterocycles. The van der Waals surface area contributed by atoms with Gasteiger partial charge in [-0.2, -0.15) is 0 Å². The van der Waals surface area contributed by atoms with Gasteiger partial charge in [0.05, 0.1) is 52.9 Å². The maximum absolute atomic E-state index is 12.7. The number of esters is 1. The summed E-state index contributed by atoms with van der Waals surface area (Å²) in [5.74, 6) is -0.600. The van der Waals surface area contributed by atoms with Crippen LogP contribution in [0.25, 0.3) is 0 Å². The first kappa shape index (κ1) is 48.8. The summed E-state index contributed by atoms with van der Waals surface area (Å²) in [7, 11) is 0. The Bertz CT molecular complexity index is 2330. The van der Waals surface area contributed by atoms with Crippen molar-refractivity contribution >= 4 is 5.97 Å². The molecule has 6 aromatic rings. The molecule has 2 aliphatic rings. The average Bonchev–Trinajstić information content (AvgIpc) is 3.38. The van der Waals surface area contributed by atoms with Crippen molar-refractivity contribution in [3.8, 4) is 0 Å². The quantitative estimate of drug-likeness (QED) is 0.0619. The summed E-state index contributed by atoms with van der Waals surface area (Å²) in [6.45, 7) is 2.53. The Morgan fingerprint density at radius 3 is 1.16 bits per heavy atom. The summed E-state index contributed by atoms with van der Waals surface area (Å²) in [5, 5.41) is 12.3. The molecule has 356 valence electrons. The van der Waals surface area contributed by atoms with Gasteiger partial charge in [-0.25, -0.2) is 0 Å². The molecule has 2 saturated heterocycles. The lowest BCUT2D eigenvalue weighted by Gasteiger charge is -2.49. The summed E-state index contributed by atoms with van der Waals surface area (Å²) in [5.41, 5.74) is 5.56. The molecule has 0 amide bonds. The minimum atomic E-state index is -1.42. The number of carbonyl (C=O) groups is 1. The molecular weight excluding hydrogens is 865 g/mol. The lowest BCUT2D eigenvalue weighted by molar-refractivity contribution is -0.374. The van der Waals surface area contributed by atoms with Gasteiger partial charge in [0, 0.05) is 6.92 Å². The fourth-order valence-corrected chi connectivity index (χ4v) is 8.27. The Balaban J connectivity index is 1.16. The van der Waals surface area contributed by atoms with Gasteiger partial charge in [0.25, 0.3) is 0 Å². The Kier molecular flexibility index (Phi) is 18.4. The molecule has 6 aromatic carbocycles. The molecule has 0 aliphatic carbocycles. The summed E-state index contributed by atoms with van der Waals surface area (Å²) in [6, 6.07) is 58.6. The first-order chi connectivity index (χ1) is 33.5. The first-order valence-corrected chi connectivity index (χ1v) is 23.1. The number of hydrogen-bond donors (Lipinski definition) is 1. The van der Waals surface area contributed by atoms with Gasteiger partial charge in [-0.3, -0.25) is 4.79 Å². The third kappa shape index (κ3) is 14.2. The SMILES string of the molecule is CC(=O)O[C@@H]1[C@H](O)[C@@H](OCc2ccccc2)[C@H](O[C@H]2[C@H](OCc3ccccc3)[C@@H](OCc3ccccc3)[C@H](OCc3ccccc3)O[C@@H]2COCc2ccccc2)O[C@@H]1COCc1ccccc1. The van der Waals surface area contributed by atoms with Gasteiger partial charge in [-0.05, 0) is 33.4 Å². The number of hydrogen-bond acceptors (Lipinski definition) is 12. The van der Waals surface area contributed by atoms with Gasteiger partial charge in [-0.15, -0.1) is 0 Å². The molecule has 8 rings (SSSR count). The number of ether oxygens (including phenoxy) is 10. The highest BCUT2D eigenvalue weighted by molar-refractivity contribution is 5.66. The molecule has 0 saturated carbocycles. The van der Waals surface area contributed by atoms with E-state index in [1.807, 2.05) is 182 Å². The molecule has 68 heavy (non-hydrogen) atoms. The van der Waals surface area contributed by atoms with Gasteiger partial charge in [0.2, 0.25) is 0 Å². The molecule has 0 aromatic heterocycles. The van der Waals surface area contributed by atoms with Gasteiger partial charge < -0.3 is 52.5 Å². The van der Waals surface area contributed by atoms with Crippen molar-refractivity contribution in [2.45, 2.75) is 108 Å². The lowest BCUT2D eigenvalue weighted by Crippen LogP contribution is -2.66. The zero-order chi connectivity index (χ0) is 46.8. The van der Waals surface area contributed by atoms with Crippen molar-refractivity contribution in [1.29, 1.82) is 0 Å². The fourth-order valence-electron chi connectivity index (χ4n) is 8.27. The minimum absolute atomic E-state index is 0.0475. The van der Waals surface area contributed by atoms with Crippen LogP contribution in [-0.2, 0) is 91.8 Å². The minimum Gasteiger partial charge on any atom is -0.457 e. The molecule has 2 fully saturated rings.